The first kappa shape index (κ1) is 19.1. The lowest BCUT2D eigenvalue weighted by atomic mass is 10.1. The van der Waals surface area contributed by atoms with Crippen LogP contribution in [0.3, 0.4) is 0 Å². The molecule has 0 bridgehead atoms. The van der Waals surface area contributed by atoms with Gasteiger partial charge < -0.3 is 15.2 Å². The molecule has 4 aromatic rings. The van der Waals surface area contributed by atoms with Crippen LogP contribution in [0, 0.1) is 0 Å². The van der Waals surface area contributed by atoms with Crippen LogP contribution in [0.25, 0.3) is 21.8 Å². The van der Waals surface area contributed by atoms with Gasteiger partial charge in [-0.05, 0) is 45.0 Å². The van der Waals surface area contributed by atoms with E-state index in [4.69, 9.17) is 0 Å². The fourth-order valence-corrected chi connectivity index (χ4v) is 4.30. The standard InChI is InChI=1S/C22H22N4O2S/c1-4-26-17-8-6-5-7-15(17)16-13-14(9-10-18(16)26)24-19(27)20(28)25-22(2,3)21-23-11-12-29-21/h5-13H,4H2,1-3H3,(H,24,27)(H,25,28). The van der Waals surface area contributed by atoms with Gasteiger partial charge in [0.05, 0.1) is 5.54 Å². The molecule has 148 valence electrons. The monoisotopic (exact) mass is 406 g/mol. The van der Waals surface area contributed by atoms with E-state index in [1.54, 1.807) is 6.20 Å². The molecule has 6 nitrogen and oxygen atoms in total. The predicted molar refractivity (Wildman–Crippen MR) is 117 cm³/mol. The highest BCUT2D eigenvalue weighted by atomic mass is 32.1. The second-order valence-corrected chi connectivity index (χ2v) is 8.26. The number of benzene rings is 2. The summed E-state index contributed by atoms with van der Waals surface area (Å²) in [6.45, 7) is 6.60. The number of aryl methyl sites for hydroxylation is 1. The van der Waals surface area contributed by atoms with Gasteiger partial charge in [-0.1, -0.05) is 18.2 Å². The third-order valence-corrected chi connectivity index (χ3v) is 6.04. The van der Waals surface area contributed by atoms with E-state index in [1.807, 2.05) is 49.6 Å². The van der Waals surface area contributed by atoms with Crippen LogP contribution in [0.1, 0.15) is 25.8 Å². The lowest BCUT2D eigenvalue weighted by Crippen LogP contribution is -2.46. The minimum absolute atomic E-state index is 0.587. The molecule has 4 rings (SSSR count). The minimum atomic E-state index is -0.721. The van der Waals surface area contributed by atoms with E-state index in [9.17, 15) is 9.59 Å². The van der Waals surface area contributed by atoms with Gasteiger partial charge in [0, 0.05) is 45.6 Å². The second-order valence-electron chi connectivity index (χ2n) is 7.36. The van der Waals surface area contributed by atoms with E-state index in [0.29, 0.717) is 5.69 Å². The molecule has 2 aromatic heterocycles. The Bertz CT molecular complexity index is 1210. The maximum Gasteiger partial charge on any atom is 0.313 e. The SMILES string of the molecule is CCn1c2ccccc2c2cc(NC(=O)C(=O)NC(C)(C)c3nccs3)ccc21. The molecule has 2 N–H and O–H groups in total. The Kier molecular flexibility index (Phi) is 4.84. The van der Waals surface area contributed by atoms with Crippen LogP contribution < -0.4 is 10.6 Å². The molecule has 2 amide bonds. The van der Waals surface area contributed by atoms with E-state index in [1.165, 1.54) is 11.3 Å². The number of nitrogens with zero attached hydrogens (tertiary/aromatic N) is 2. The predicted octanol–water partition coefficient (Wildman–Crippen LogP) is 4.26. The lowest BCUT2D eigenvalue weighted by molar-refractivity contribution is -0.137. The van der Waals surface area contributed by atoms with Crippen LogP contribution >= 0.6 is 11.3 Å². The quantitative estimate of drug-likeness (QED) is 0.497. The van der Waals surface area contributed by atoms with Crippen molar-refractivity contribution in [1.82, 2.24) is 14.9 Å². The summed E-state index contributed by atoms with van der Waals surface area (Å²) in [7, 11) is 0. The molecule has 0 unspecified atom stereocenters. The summed E-state index contributed by atoms with van der Waals surface area (Å²) in [6.07, 6.45) is 1.68. The van der Waals surface area contributed by atoms with Gasteiger partial charge in [-0.3, -0.25) is 9.59 Å². The average molecular weight is 407 g/mol. The number of nitrogens with one attached hydrogen (secondary N) is 2. The Labute approximate surface area is 172 Å². The number of para-hydroxylation sites is 1. The summed E-state index contributed by atoms with van der Waals surface area (Å²) in [5.74, 6) is -1.39. The molecular weight excluding hydrogens is 384 g/mol. The number of hydrogen-bond acceptors (Lipinski definition) is 4. The highest BCUT2D eigenvalue weighted by molar-refractivity contribution is 7.09. The van der Waals surface area contributed by atoms with E-state index in [0.717, 1.165) is 33.4 Å². The summed E-state index contributed by atoms with van der Waals surface area (Å²) in [6, 6.07) is 13.9. The van der Waals surface area contributed by atoms with Crippen molar-refractivity contribution in [2.24, 2.45) is 0 Å². The average Bonchev–Trinajstić information content (AvgIpc) is 3.34. The molecule has 0 spiro atoms. The largest absolute Gasteiger partial charge is 0.341 e. The zero-order valence-corrected chi connectivity index (χ0v) is 17.3. The molecule has 0 saturated carbocycles. The molecule has 0 aliphatic rings. The van der Waals surface area contributed by atoms with Gasteiger partial charge in [-0.15, -0.1) is 11.3 Å². The van der Waals surface area contributed by atoms with Crippen LogP contribution in [0.15, 0.2) is 54.0 Å². The molecule has 7 heteroatoms. The molecule has 0 aliphatic heterocycles. The third kappa shape index (κ3) is 3.49. The van der Waals surface area contributed by atoms with E-state index >= 15 is 0 Å². The van der Waals surface area contributed by atoms with Crippen molar-refractivity contribution in [2.45, 2.75) is 32.9 Å². The molecule has 2 heterocycles. The number of carbonyl (C=O) groups is 2. The number of anilines is 1. The fourth-order valence-electron chi connectivity index (χ4n) is 3.59. The first-order chi connectivity index (χ1) is 13.9. The van der Waals surface area contributed by atoms with Gasteiger partial charge in [0.1, 0.15) is 5.01 Å². The van der Waals surface area contributed by atoms with Gasteiger partial charge in [0.25, 0.3) is 0 Å². The van der Waals surface area contributed by atoms with Crippen molar-refractivity contribution >= 4 is 50.6 Å². The van der Waals surface area contributed by atoms with Crippen LogP contribution in [-0.2, 0) is 21.7 Å². The van der Waals surface area contributed by atoms with Crippen molar-refractivity contribution in [3.8, 4) is 0 Å². The van der Waals surface area contributed by atoms with Gasteiger partial charge >= 0.3 is 11.8 Å². The summed E-state index contributed by atoms with van der Waals surface area (Å²) in [5.41, 5.74) is 2.11. The highest BCUT2D eigenvalue weighted by Gasteiger charge is 2.28. The van der Waals surface area contributed by atoms with E-state index in [-0.39, 0.29) is 0 Å². The normalized spacial score (nSPS) is 11.7. The molecule has 29 heavy (non-hydrogen) atoms. The molecule has 0 radical (unpaired) electrons. The van der Waals surface area contributed by atoms with Crippen molar-refractivity contribution in [3.63, 3.8) is 0 Å². The minimum Gasteiger partial charge on any atom is -0.341 e. The summed E-state index contributed by atoms with van der Waals surface area (Å²) >= 11 is 1.43. The summed E-state index contributed by atoms with van der Waals surface area (Å²) in [5, 5.41) is 10.2. The Hall–Kier alpha value is -3.19. The van der Waals surface area contributed by atoms with Gasteiger partial charge in [-0.2, -0.15) is 0 Å². The lowest BCUT2D eigenvalue weighted by Gasteiger charge is -2.23. The van der Waals surface area contributed by atoms with E-state index < -0.39 is 17.4 Å². The van der Waals surface area contributed by atoms with Crippen LogP contribution in [-0.4, -0.2) is 21.4 Å². The van der Waals surface area contributed by atoms with Crippen molar-refractivity contribution in [2.75, 3.05) is 5.32 Å². The molecule has 0 atom stereocenters. The fraction of sp³-hybridized carbons (Fsp3) is 0.227. The Morgan fingerprint density at radius 1 is 1.07 bits per heavy atom. The smallest absolute Gasteiger partial charge is 0.313 e. The Balaban J connectivity index is 1.58. The maximum absolute atomic E-state index is 12.5. The molecule has 2 aromatic carbocycles. The number of fused-ring (bicyclic) bond motifs is 3. The number of hydrogen-bond donors (Lipinski definition) is 2. The zero-order chi connectivity index (χ0) is 20.6. The van der Waals surface area contributed by atoms with Crippen LogP contribution in [0.2, 0.25) is 0 Å². The maximum atomic E-state index is 12.5. The van der Waals surface area contributed by atoms with Gasteiger partial charge in [0.15, 0.2) is 0 Å². The number of rotatable bonds is 4. The third-order valence-electron chi connectivity index (χ3n) is 4.95. The molecule has 0 aliphatic carbocycles. The first-order valence-electron chi connectivity index (χ1n) is 9.45. The highest BCUT2D eigenvalue weighted by Crippen LogP contribution is 2.31. The van der Waals surface area contributed by atoms with Crippen molar-refractivity contribution in [1.29, 1.82) is 0 Å². The molecule has 0 saturated heterocycles. The van der Waals surface area contributed by atoms with Crippen molar-refractivity contribution in [3.05, 3.63) is 59.0 Å². The van der Waals surface area contributed by atoms with E-state index in [2.05, 4.69) is 39.2 Å². The Morgan fingerprint density at radius 3 is 2.55 bits per heavy atom. The topological polar surface area (TPSA) is 76.0 Å². The van der Waals surface area contributed by atoms with Crippen molar-refractivity contribution < 1.29 is 9.59 Å². The number of amides is 2. The number of aromatic nitrogens is 2. The second kappa shape index (κ2) is 7.33. The molecular formula is C22H22N4O2S. The van der Waals surface area contributed by atoms with Crippen LogP contribution in [0.5, 0.6) is 0 Å². The van der Waals surface area contributed by atoms with Crippen LogP contribution in [0.4, 0.5) is 5.69 Å². The molecule has 0 fully saturated rings. The zero-order valence-electron chi connectivity index (χ0n) is 16.5. The Morgan fingerprint density at radius 2 is 1.83 bits per heavy atom. The van der Waals surface area contributed by atoms with Gasteiger partial charge in [0.2, 0.25) is 0 Å². The van der Waals surface area contributed by atoms with Gasteiger partial charge in [-0.25, -0.2) is 4.98 Å². The number of thiazole rings is 1. The number of carbonyl (C=O) groups excluding carboxylic acids is 2. The summed E-state index contributed by atoms with van der Waals surface area (Å²) < 4.78 is 2.24. The summed E-state index contributed by atoms with van der Waals surface area (Å²) in [4.78, 5) is 29.1. The first-order valence-corrected chi connectivity index (χ1v) is 10.3.